The van der Waals surface area contributed by atoms with E-state index in [1.165, 1.54) is 11.7 Å². The van der Waals surface area contributed by atoms with Crippen LogP contribution < -0.4 is 0 Å². The molecular formula is C15H17F3N2O2. The minimum atomic E-state index is -4.50. The quantitative estimate of drug-likeness (QED) is 0.921. The molecule has 0 fully saturated rings. The van der Waals surface area contributed by atoms with E-state index < -0.39 is 11.9 Å². The number of hydrogen-bond acceptors (Lipinski definition) is 3. The van der Waals surface area contributed by atoms with Gasteiger partial charge in [0.05, 0.1) is 19.3 Å². The van der Waals surface area contributed by atoms with Gasteiger partial charge in [0.2, 0.25) is 0 Å². The molecule has 2 aromatic rings. The molecule has 2 rings (SSSR count). The molecule has 1 N–H and O–H groups in total. The topological polar surface area (TPSA) is 47.3 Å². The molecule has 1 heterocycles. The summed E-state index contributed by atoms with van der Waals surface area (Å²) in [4.78, 5) is 3.73. The van der Waals surface area contributed by atoms with Crippen molar-refractivity contribution >= 4 is 0 Å². The number of imidazole rings is 1. The smallest absolute Gasteiger partial charge is 0.392 e. The lowest BCUT2D eigenvalue weighted by Gasteiger charge is -2.15. The van der Waals surface area contributed by atoms with E-state index in [2.05, 4.69) is 4.98 Å². The van der Waals surface area contributed by atoms with Crippen LogP contribution in [0.25, 0.3) is 11.4 Å². The van der Waals surface area contributed by atoms with Gasteiger partial charge in [0.1, 0.15) is 5.82 Å². The number of rotatable bonds is 5. The third-order valence-electron chi connectivity index (χ3n) is 3.30. The molecule has 0 aliphatic carbocycles. The lowest BCUT2D eigenvalue weighted by molar-refractivity contribution is -0.140. The minimum Gasteiger partial charge on any atom is -0.392 e. The van der Waals surface area contributed by atoms with Crippen LogP contribution in [0.5, 0.6) is 0 Å². The Labute approximate surface area is 126 Å². The van der Waals surface area contributed by atoms with Crippen molar-refractivity contribution in [3.8, 4) is 11.4 Å². The van der Waals surface area contributed by atoms with E-state index in [0.29, 0.717) is 11.1 Å². The van der Waals surface area contributed by atoms with E-state index in [1.54, 1.807) is 31.2 Å². The van der Waals surface area contributed by atoms with Crippen molar-refractivity contribution in [2.45, 2.75) is 25.7 Å². The van der Waals surface area contributed by atoms with Gasteiger partial charge in [-0.25, -0.2) is 4.98 Å². The summed E-state index contributed by atoms with van der Waals surface area (Å²) in [6.45, 7) is 1.91. The number of halogens is 3. The lowest BCUT2D eigenvalue weighted by atomic mass is 10.1. The molecule has 0 amide bonds. The Hall–Kier alpha value is -1.86. The van der Waals surface area contributed by atoms with E-state index in [9.17, 15) is 13.2 Å². The monoisotopic (exact) mass is 314 g/mol. The standard InChI is InChI=1S/C15H17F3N2O2/c1-10(9-22-2)20-7-13(15(16,17)18)19-14(20)12-5-3-11(8-21)4-6-12/h3-7,10,21H,8-9H2,1-2H3. The van der Waals surface area contributed by atoms with Crippen LogP contribution in [0.15, 0.2) is 30.5 Å². The van der Waals surface area contributed by atoms with Crippen molar-refractivity contribution in [2.24, 2.45) is 0 Å². The van der Waals surface area contributed by atoms with E-state index in [-0.39, 0.29) is 25.1 Å². The maximum atomic E-state index is 12.9. The molecule has 120 valence electrons. The van der Waals surface area contributed by atoms with Gasteiger partial charge in [-0.05, 0) is 12.5 Å². The Kier molecular flexibility index (Phi) is 4.87. The number of aliphatic hydroxyl groups is 1. The Morgan fingerprint density at radius 1 is 1.27 bits per heavy atom. The van der Waals surface area contributed by atoms with Crippen LogP contribution in [-0.2, 0) is 17.5 Å². The first-order valence-corrected chi connectivity index (χ1v) is 6.72. The fourth-order valence-electron chi connectivity index (χ4n) is 2.16. The zero-order valence-corrected chi connectivity index (χ0v) is 12.3. The predicted molar refractivity (Wildman–Crippen MR) is 75.2 cm³/mol. The maximum absolute atomic E-state index is 12.9. The summed E-state index contributed by atoms with van der Waals surface area (Å²) in [7, 11) is 1.49. The average Bonchev–Trinajstić information content (AvgIpc) is 2.93. The molecule has 0 aliphatic rings. The molecule has 1 atom stereocenters. The Bertz CT molecular complexity index is 621. The molecule has 1 aromatic heterocycles. The highest BCUT2D eigenvalue weighted by molar-refractivity contribution is 5.57. The summed E-state index contributed by atoms with van der Waals surface area (Å²) in [5.74, 6) is 0.223. The SMILES string of the molecule is COCC(C)n1cc(C(F)(F)F)nc1-c1ccc(CO)cc1. The van der Waals surface area contributed by atoms with Crippen molar-refractivity contribution in [1.82, 2.24) is 9.55 Å². The number of aromatic nitrogens is 2. The second-order valence-electron chi connectivity index (χ2n) is 5.01. The van der Waals surface area contributed by atoms with Crippen LogP contribution in [0.4, 0.5) is 13.2 Å². The summed E-state index contributed by atoms with van der Waals surface area (Å²) in [6, 6.07) is 6.31. The summed E-state index contributed by atoms with van der Waals surface area (Å²) >= 11 is 0. The van der Waals surface area contributed by atoms with Crippen molar-refractivity contribution in [2.75, 3.05) is 13.7 Å². The minimum absolute atomic E-state index is 0.122. The Morgan fingerprint density at radius 3 is 2.41 bits per heavy atom. The summed E-state index contributed by atoms with van der Waals surface area (Å²) in [5, 5.41) is 9.04. The van der Waals surface area contributed by atoms with Crippen LogP contribution in [0.1, 0.15) is 24.2 Å². The van der Waals surface area contributed by atoms with Gasteiger partial charge in [0, 0.05) is 18.9 Å². The first-order valence-electron chi connectivity index (χ1n) is 6.72. The summed E-state index contributed by atoms with van der Waals surface area (Å²) in [5.41, 5.74) is 0.301. The van der Waals surface area contributed by atoms with E-state index >= 15 is 0 Å². The summed E-state index contributed by atoms with van der Waals surface area (Å²) < 4.78 is 45.3. The second kappa shape index (κ2) is 6.50. The first-order chi connectivity index (χ1) is 10.4. The van der Waals surface area contributed by atoms with Crippen molar-refractivity contribution in [3.63, 3.8) is 0 Å². The Balaban J connectivity index is 2.49. The fraction of sp³-hybridized carbons (Fsp3) is 0.400. The number of hydrogen-bond donors (Lipinski definition) is 1. The van der Waals surface area contributed by atoms with Gasteiger partial charge >= 0.3 is 6.18 Å². The molecule has 0 radical (unpaired) electrons. The molecule has 0 aliphatic heterocycles. The molecule has 22 heavy (non-hydrogen) atoms. The van der Waals surface area contributed by atoms with Gasteiger partial charge in [-0.2, -0.15) is 13.2 Å². The average molecular weight is 314 g/mol. The zero-order valence-electron chi connectivity index (χ0n) is 12.3. The van der Waals surface area contributed by atoms with E-state index in [1.807, 2.05) is 0 Å². The molecule has 1 aromatic carbocycles. The highest BCUT2D eigenvalue weighted by atomic mass is 19.4. The molecule has 0 spiro atoms. The van der Waals surface area contributed by atoms with Crippen LogP contribution in [0.2, 0.25) is 0 Å². The van der Waals surface area contributed by atoms with E-state index in [4.69, 9.17) is 9.84 Å². The molecule has 0 bridgehead atoms. The number of nitrogens with zero attached hydrogens (tertiary/aromatic N) is 2. The first kappa shape index (κ1) is 16.5. The molecule has 0 saturated carbocycles. The second-order valence-corrected chi connectivity index (χ2v) is 5.01. The number of ether oxygens (including phenoxy) is 1. The van der Waals surface area contributed by atoms with Gasteiger partial charge in [-0.15, -0.1) is 0 Å². The zero-order chi connectivity index (χ0) is 16.3. The molecule has 0 saturated heterocycles. The van der Waals surface area contributed by atoms with Crippen LogP contribution in [0, 0.1) is 0 Å². The van der Waals surface area contributed by atoms with Crippen LogP contribution in [0.3, 0.4) is 0 Å². The number of aliphatic hydroxyl groups excluding tert-OH is 1. The molecular weight excluding hydrogens is 297 g/mol. The van der Waals surface area contributed by atoms with Gasteiger partial charge in [0.25, 0.3) is 0 Å². The normalized spacial score (nSPS) is 13.4. The van der Waals surface area contributed by atoms with Crippen molar-refractivity contribution in [1.29, 1.82) is 0 Å². The fourth-order valence-corrected chi connectivity index (χ4v) is 2.16. The molecule has 4 nitrogen and oxygen atoms in total. The highest BCUT2D eigenvalue weighted by Crippen LogP contribution is 2.32. The third-order valence-corrected chi connectivity index (χ3v) is 3.30. The third kappa shape index (κ3) is 3.48. The van der Waals surface area contributed by atoms with Gasteiger partial charge in [0.15, 0.2) is 5.69 Å². The van der Waals surface area contributed by atoms with E-state index in [0.717, 1.165) is 6.20 Å². The van der Waals surface area contributed by atoms with Crippen molar-refractivity contribution in [3.05, 3.63) is 41.7 Å². The van der Waals surface area contributed by atoms with Crippen molar-refractivity contribution < 1.29 is 23.0 Å². The number of alkyl halides is 3. The molecule has 1 unspecified atom stereocenters. The van der Waals surface area contributed by atoms with Crippen LogP contribution >= 0.6 is 0 Å². The molecule has 7 heteroatoms. The maximum Gasteiger partial charge on any atom is 0.434 e. The number of methoxy groups -OCH3 is 1. The van der Waals surface area contributed by atoms with Crippen LogP contribution in [-0.4, -0.2) is 28.4 Å². The van der Waals surface area contributed by atoms with Gasteiger partial charge in [-0.3, -0.25) is 0 Å². The largest absolute Gasteiger partial charge is 0.434 e. The number of benzene rings is 1. The predicted octanol–water partition coefficient (Wildman–Crippen LogP) is 3.27. The summed E-state index contributed by atoms with van der Waals surface area (Å²) in [6.07, 6.45) is -3.50. The van der Waals surface area contributed by atoms with Gasteiger partial charge < -0.3 is 14.4 Å². The van der Waals surface area contributed by atoms with Gasteiger partial charge in [-0.1, -0.05) is 24.3 Å². The lowest BCUT2D eigenvalue weighted by Crippen LogP contribution is -2.11. The highest BCUT2D eigenvalue weighted by Gasteiger charge is 2.35. The Morgan fingerprint density at radius 2 is 1.91 bits per heavy atom.